The summed E-state index contributed by atoms with van der Waals surface area (Å²) < 4.78 is 0. The van der Waals surface area contributed by atoms with Crippen molar-refractivity contribution in [3.05, 3.63) is 0 Å². The Labute approximate surface area is 81.3 Å². The Morgan fingerprint density at radius 3 is 1.77 bits per heavy atom. The van der Waals surface area contributed by atoms with Gasteiger partial charge in [0.1, 0.15) is 5.78 Å². The van der Waals surface area contributed by atoms with E-state index in [1.807, 2.05) is 41.5 Å². The highest BCUT2D eigenvalue weighted by molar-refractivity contribution is 5.86. The maximum Gasteiger partial charge on any atom is 0.143 e. The monoisotopic (exact) mass is 186 g/mol. The fourth-order valence-electron chi connectivity index (χ4n) is 1.72. The molecule has 0 fully saturated rings. The molecule has 0 saturated carbocycles. The minimum Gasteiger partial charge on any atom is -0.392 e. The summed E-state index contributed by atoms with van der Waals surface area (Å²) in [7, 11) is 0. The number of aliphatic hydroxyl groups is 1. The van der Waals surface area contributed by atoms with E-state index in [4.69, 9.17) is 0 Å². The Morgan fingerprint density at radius 1 is 1.15 bits per heavy atom. The highest BCUT2D eigenvalue weighted by Crippen LogP contribution is 2.29. The molecule has 2 heteroatoms. The van der Waals surface area contributed by atoms with Crippen LogP contribution in [-0.2, 0) is 4.79 Å². The predicted octanol–water partition coefficient (Wildman–Crippen LogP) is 2.25. The number of Topliss-reactive ketones (excluding diaryl/α,β-unsaturated/α-hetero) is 1. The molecule has 78 valence electrons. The fraction of sp³-hybridized carbons (Fsp3) is 0.909. The van der Waals surface area contributed by atoms with Gasteiger partial charge in [0, 0.05) is 11.3 Å². The van der Waals surface area contributed by atoms with E-state index in [1.54, 1.807) is 0 Å². The van der Waals surface area contributed by atoms with Gasteiger partial charge in [0.05, 0.1) is 6.10 Å². The number of carbonyl (C=O) groups is 1. The molecule has 0 aromatic carbocycles. The standard InChI is InChI=1S/C11H22O2/c1-7(2)9(12)11(5,6)10(13)8(3)4/h7-9,12H,1-6H3. The quantitative estimate of drug-likeness (QED) is 0.731. The molecule has 0 amide bonds. The number of aliphatic hydroxyl groups excluding tert-OH is 1. The average Bonchev–Trinajstić information content (AvgIpc) is 2.01. The van der Waals surface area contributed by atoms with Crippen LogP contribution in [0.1, 0.15) is 41.5 Å². The van der Waals surface area contributed by atoms with Gasteiger partial charge in [0.15, 0.2) is 0 Å². The van der Waals surface area contributed by atoms with Crippen molar-refractivity contribution in [2.24, 2.45) is 17.3 Å². The lowest BCUT2D eigenvalue weighted by atomic mass is 9.74. The fourth-order valence-corrected chi connectivity index (χ4v) is 1.72. The number of hydrogen-bond acceptors (Lipinski definition) is 2. The molecule has 0 aliphatic carbocycles. The van der Waals surface area contributed by atoms with Crippen molar-refractivity contribution in [1.29, 1.82) is 0 Å². The Kier molecular flexibility index (Phi) is 4.11. The molecule has 0 heterocycles. The van der Waals surface area contributed by atoms with E-state index in [0.717, 1.165) is 0 Å². The first kappa shape index (κ1) is 12.6. The number of rotatable bonds is 4. The Balaban J connectivity index is 4.65. The average molecular weight is 186 g/mol. The molecule has 1 atom stereocenters. The number of ketones is 1. The summed E-state index contributed by atoms with van der Waals surface area (Å²) in [4.78, 5) is 11.8. The molecule has 0 saturated heterocycles. The van der Waals surface area contributed by atoms with Crippen LogP contribution in [0.15, 0.2) is 0 Å². The van der Waals surface area contributed by atoms with Gasteiger partial charge in [-0.05, 0) is 5.92 Å². The van der Waals surface area contributed by atoms with Crippen LogP contribution in [0.2, 0.25) is 0 Å². The van der Waals surface area contributed by atoms with Crippen molar-refractivity contribution in [3.8, 4) is 0 Å². The number of hydrogen-bond donors (Lipinski definition) is 1. The molecule has 0 aliphatic heterocycles. The Morgan fingerprint density at radius 2 is 1.54 bits per heavy atom. The molecule has 0 aliphatic rings. The molecular formula is C11H22O2. The summed E-state index contributed by atoms with van der Waals surface area (Å²) in [5.41, 5.74) is -0.623. The summed E-state index contributed by atoms with van der Waals surface area (Å²) >= 11 is 0. The molecule has 2 nitrogen and oxygen atoms in total. The SMILES string of the molecule is CC(C)C(=O)C(C)(C)C(O)C(C)C. The minimum atomic E-state index is -0.623. The van der Waals surface area contributed by atoms with E-state index in [9.17, 15) is 9.90 Å². The third kappa shape index (κ3) is 2.80. The number of carbonyl (C=O) groups excluding carboxylic acids is 1. The van der Waals surface area contributed by atoms with Crippen LogP contribution in [0.3, 0.4) is 0 Å². The zero-order valence-electron chi connectivity index (χ0n) is 9.59. The maximum atomic E-state index is 11.8. The van der Waals surface area contributed by atoms with Crippen LogP contribution in [0.5, 0.6) is 0 Å². The van der Waals surface area contributed by atoms with Crippen molar-refractivity contribution in [1.82, 2.24) is 0 Å². The van der Waals surface area contributed by atoms with Crippen molar-refractivity contribution in [2.45, 2.75) is 47.6 Å². The van der Waals surface area contributed by atoms with Gasteiger partial charge < -0.3 is 5.11 Å². The summed E-state index contributed by atoms with van der Waals surface area (Å²) in [5, 5.41) is 9.85. The lowest BCUT2D eigenvalue weighted by Gasteiger charge is -2.33. The van der Waals surface area contributed by atoms with Gasteiger partial charge in [-0.2, -0.15) is 0 Å². The predicted molar refractivity (Wildman–Crippen MR) is 54.5 cm³/mol. The zero-order chi connectivity index (χ0) is 10.8. The second kappa shape index (κ2) is 4.23. The highest BCUT2D eigenvalue weighted by Gasteiger charge is 2.37. The molecule has 0 bridgehead atoms. The highest BCUT2D eigenvalue weighted by atomic mass is 16.3. The molecule has 0 radical (unpaired) electrons. The lowest BCUT2D eigenvalue weighted by Crippen LogP contribution is -2.42. The van der Waals surface area contributed by atoms with Gasteiger partial charge in [-0.15, -0.1) is 0 Å². The van der Waals surface area contributed by atoms with Crippen LogP contribution in [-0.4, -0.2) is 17.0 Å². The molecule has 13 heavy (non-hydrogen) atoms. The van der Waals surface area contributed by atoms with Crippen LogP contribution in [0.4, 0.5) is 0 Å². The summed E-state index contributed by atoms with van der Waals surface area (Å²) in [6.07, 6.45) is -0.553. The van der Waals surface area contributed by atoms with E-state index in [-0.39, 0.29) is 17.6 Å². The third-order valence-electron chi connectivity index (χ3n) is 2.53. The smallest absolute Gasteiger partial charge is 0.143 e. The molecule has 1 unspecified atom stereocenters. The van der Waals surface area contributed by atoms with Crippen molar-refractivity contribution >= 4 is 5.78 Å². The van der Waals surface area contributed by atoms with Crippen molar-refractivity contribution < 1.29 is 9.90 Å². The summed E-state index contributed by atoms with van der Waals surface area (Å²) in [6, 6.07) is 0. The first-order valence-corrected chi connectivity index (χ1v) is 4.93. The molecule has 0 spiro atoms. The first-order chi connectivity index (χ1) is 5.71. The maximum absolute atomic E-state index is 11.8. The van der Waals surface area contributed by atoms with E-state index < -0.39 is 11.5 Å². The van der Waals surface area contributed by atoms with Gasteiger partial charge in [-0.25, -0.2) is 0 Å². The normalized spacial score (nSPS) is 15.2. The van der Waals surface area contributed by atoms with E-state index in [1.165, 1.54) is 0 Å². The topological polar surface area (TPSA) is 37.3 Å². The van der Waals surface area contributed by atoms with Gasteiger partial charge in [0.2, 0.25) is 0 Å². The first-order valence-electron chi connectivity index (χ1n) is 4.93. The molecular weight excluding hydrogens is 164 g/mol. The molecule has 0 rings (SSSR count). The van der Waals surface area contributed by atoms with Crippen LogP contribution >= 0.6 is 0 Å². The van der Waals surface area contributed by atoms with E-state index in [2.05, 4.69) is 0 Å². The minimum absolute atomic E-state index is 0.0107. The Bertz CT molecular complexity index is 181. The summed E-state index contributed by atoms with van der Waals surface area (Å²) in [6.45, 7) is 11.2. The van der Waals surface area contributed by atoms with Crippen molar-refractivity contribution in [3.63, 3.8) is 0 Å². The van der Waals surface area contributed by atoms with E-state index in [0.29, 0.717) is 0 Å². The largest absolute Gasteiger partial charge is 0.392 e. The second-order valence-electron chi connectivity index (χ2n) is 4.93. The lowest BCUT2D eigenvalue weighted by molar-refractivity contribution is -0.138. The van der Waals surface area contributed by atoms with Crippen LogP contribution < -0.4 is 0 Å². The Hall–Kier alpha value is -0.370. The van der Waals surface area contributed by atoms with Crippen LogP contribution in [0, 0.1) is 17.3 Å². The van der Waals surface area contributed by atoms with Crippen LogP contribution in [0.25, 0.3) is 0 Å². The molecule has 0 aromatic heterocycles. The van der Waals surface area contributed by atoms with Gasteiger partial charge in [-0.3, -0.25) is 4.79 Å². The van der Waals surface area contributed by atoms with Gasteiger partial charge in [0.25, 0.3) is 0 Å². The molecule has 0 aromatic rings. The summed E-state index contributed by atoms with van der Waals surface area (Å²) in [5.74, 6) is 0.245. The van der Waals surface area contributed by atoms with Gasteiger partial charge >= 0.3 is 0 Å². The van der Waals surface area contributed by atoms with Gasteiger partial charge in [-0.1, -0.05) is 41.5 Å². The van der Waals surface area contributed by atoms with E-state index >= 15 is 0 Å². The molecule has 1 N–H and O–H groups in total. The second-order valence-corrected chi connectivity index (χ2v) is 4.93. The van der Waals surface area contributed by atoms with Crippen molar-refractivity contribution in [2.75, 3.05) is 0 Å². The third-order valence-corrected chi connectivity index (χ3v) is 2.53. The zero-order valence-corrected chi connectivity index (χ0v) is 9.59.